The van der Waals surface area contributed by atoms with E-state index in [0.717, 1.165) is 6.54 Å². The molecule has 0 unspecified atom stereocenters. The fourth-order valence-corrected chi connectivity index (χ4v) is 1.66. The molecule has 1 nitrogen and oxygen atoms in total. The molecule has 0 bridgehead atoms. The predicted molar refractivity (Wildman–Crippen MR) is 38.0 cm³/mol. The Bertz CT molecular complexity index is 199. The van der Waals surface area contributed by atoms with Crippen LogP contribution in [0, 0.1) is 6.07 Å². The van der Waals surface area contributed by atoms with Gasteiger partial charge in [0.25, 0.3) is 0 Å². The lowest BCUT2D eigenvalue weighted by molar-refractivity contribution is 0.994. The van der Waals surface area contributed by atoms with Crippen LogP contribution in [-0.4, -0.2) is 0 Å². The fourth-order valence-electron chi connectivity index (χ4n) is 0.880. The van der Waals surface area contributed by atoms with Crippen LogP contribution in [0.15, 0.2) is 23.1 Å². The first kappa shape index (κ1) is 5.33. The number of rotatable bonds is 0. The minimum Gasteiger partial charge on any atom is -0.255 e. The van der Waals surface area contributed by atoms with Gasteiger partial charge in [-0.2, -0.15) is 0 Å². The molecule has 0 saturated carbocycles. The molecule has 0 spiro atoms. The van der Waals surface area contributed by atoms with Gasteiger partial charge < -0.3 is 0 Å². The second kappa shape index (κ2) is 2.05. The van der Waals surface area contributed by atoms with Crippen molar-refractivity contribution in [3.8, 4) is 0 Å². The summed E-state index contributed by atoms with van der Waals surface area (Å²) in [5, 5.41) is 0. The Morgan fingerprint density at radius 2 is 2.67 bits per heavy atom. The molecule has 1 N–H and O–H groups in total. The van der Waals surface area contributed by atoms with Gasteiger partial charge in [-0.15, -0.1) is 0 Å². The average molecular weight is 136 g/mol. The Morgan fingerprint density at radius 3 is 3.56 bits per heavy atom. The predicted octanol–water partition coefficient (Wildman–Crippen LogP) is 1.60. The molecule has 2 heteroatoms. The largest absolute Gasteiger partial charge is 0.255 e. The van der Waals surface area contributed by atoms with E-state index in [1.807, 2.05) is 12.1 Å². The van der Waals surface area contributed by atoms with E-state index in [1.165, 1.54) is 10.5 Å². The third kappa shape index (κ3) is 0.843. The van der Waals surface area contributed by atoms with Crippen LogP contribution >= 0.6 is 11.9 Å². The van der Waals surface area contributed by atoms with E-state index < -0.39 is 0 Å². The Balaban J connectivity index is 2.54. The van der Waals surface area contributed by atoms with Crippen molar-refractivity contribution < 1.29 is 0 Å². The molecular weight excluding hydrogens is 130 g/mol. The third-order valence-electron chi connectivity index (χ3n) is 1.36. The maximum Gasteiger partial charge on any atom is 0.0324 e. The molecule has 1 radical (unpaired) electrons. The molecule has 0 fully saturated rings. The highest BCUT2D eigenvalue weighted by Gasteiger charge is 2.07. The monoisotopic (exact) mass is 136 g/mol. The van der Waals surface area contributed by atoms with Gasteiger partial charge in [-0.25, -0.2) is 0 Å². The standard InChI is InChI=1S/C7H6NS/c1-2-4-7-6(3-1)5-8-9-7/h1,3-4,8H,5H2. The second-order valence-corrected chi connectivity index (χ2v) is 2.89. The van der Waals surface area contributed by atoms with Crippen molar-refractivity contribution in [3.05, 3.63) is 29.8 Å². The number of hydrogen-bond acceptors (Lipinski definition) is 2. The molecule has 0 aromatic heterocycles. The zero-order valence-electron chi connectivity index (χ0n) is 4.85. The number of nitrogens with one attached hydrogen (secondary N) is 1. The highest BCUT2D eigenvalue weighted by Crippen LogP contribution is 2.25. The van der Waals surface area contributed by atoms with Crippen molar-refractivity contribution in [2.75, 3.05) is 0 Å². The van der Waals surface area contributed by atoms with Gasteiger partial charge in [0.15, 0.2) is 0 Å². The van der Waals surface area contributed by atoms with Crippen LogP contribution in [0.4, 0.5) is 0 Å². The zero-order valence-corrected chi connectivity index (χ0v) is 5.66. The van der Waals surface area contributed by atoms with Gasteiger partial charge in [-0.3, -0.25) is 4.72 Å². The molecule has 0 saturated heterocycles. The Hall–Kier alpha value is -0.470. The van der Waals surface area contributed by atoms with Crippen LogP contribution in [0.25, 0.3) is 0 Å². The second-order valence-electron chi connectivity index (χ2n) is 1.96. The molecule has 1 aromatic rings. The summed E-state index contributed by atoms with van der Waals surface area (Å²) in [5.41, 5.74) is 1.39. The van der Waals surface area contributed by atoms with Crippen molar-refractivity contribution in [2.24, 2.45) is 0 Å². The highest BCUT2D eigenvalue weighted by molar-refractivity contribution is 7.97. The van der Waals surface area contributed by atoms with Gasteiger partial charge >= 0.3 is 0 Å². The molecular formula is C7H6NS. The summed E-state index contributed by atoms with van der Waals surface area (Å²) in [5.74, 6) is 0. The van der Waals surface area contributed by atoms with Gasteiger partial charge in [0, 0.05) is 11.4 Å². The first-order valence-corrected chi connectivity index (χ1v) is 3.67. The van der Waals surface area contributed by atoms with Crippen molar-refractivity contribution in [1.82, 2.24) is 4.72 Å². The number of benzene rings is 1. The average Bonchev–Trinajstić information content (AvgIpc) is 2.33. The topological polar surface area (TPSA) is 12.0 Å². The molecule has 0 atom stereocenters. The summed E-state index contributed by atoms with van der Waals surface area (Å²) in [6.07, 6.45) is 0. The van der Waals surface area contributed by atoms with E-state index in [4.69, 9.17) is 0 Å². The van der Waals surface area contributed by atoms with Crippen LogP contribution in [-0.2, 0) is 6.54 Å². The van der Waals surface area contributed by atoms with E-state index >= 15 is 0 Å². The Kier molecular flexibility index (Phi) is 1.21. The fraction of sp³-hybridized carbons (Fsp3) is 0.143. The minimum atomic E-state index is 0.995. The molecule has 2 rings (SSSR count). The molecule has 1 heterocycles. The quantitative estimate of drug-likeness (QED) is 0.544. The summed E-state index contributed by atoms with van der Waals surface area (Å²) >= 11 is 1.69. The van der Waals surface area contributed by atoms with Crippen molar-refractivity contribution in [3.63, 3.8) is 0 Å². The van der Waals surface area contributed by atoms with Gasteiger partial charge in [0.05, 0.1) is 0 Å². The third-order valence-corrected chi connectivity index (χ3v) is 2.25. The maximum absolute atomic E-state index is 3.18. The lowest BCUT2D eigenvalue weighted by atomic mass is 10.2. The van der Waals surface area contributed by atoms with Gasteiger partial charge in [-0.05, 0) is 29.6 Å². The van der Waals surface area contributed by atoms with E-state index in [1.54, 1.807) is 11.9 Å². The Morgan fingerprint density at radius 1 is 1.67 bits per heavy atom. The van der Waals surface area contributed by atoms with Crippen LogP contribution in [0.3, 0.4) is 0 Å². The van der Waals surface area contributed by atoms with Gasteiger partial charge in [-0.1, -0.05) is 12.1 Å². The summed E-state index contributed by atoms with van der Waals surface area (Å²) in [4.78, 5) is 1.32. The first-order chi connectivity index (χ1) is 4.47. The van der Waals surface area contributed by atoms with E-state index in [0.29, 0.717) is 0 Å². The smallest absolute Gasteiger partial charge is 0.0324 e. The lowest BCUT2D eigenvalue weighted by Crippen LogP contribution is -1.91. The van der Waals surface area contributed by atoms with Crippen LogP contribution < -0.4 is 4.72 Å². The van der Waals surface area contributed by atoms with Crippen LogP contribution in [0.1, 0.15) is 5.56 Å². The summed E-state index contributed by atoms with van der Waals surface area (Å²) < 4.78 is 3.18. The number of hydrogen-bond donors (Lipinski definition) is 1. The summed E-state index contributed by atoms with van der Waals surface area (Å²) in [7, 11) is 0. The molecule has 1 aliphatic rings. The van der Waals surface area contributed by atoms with Crippen molar-refractivity contribution in [2.45, 2.75) is 11.4 Å². The zero-order chi connectivity index (χ0) is 6.10. The number of fused-ring (bicyclic) bond motifs is 1. The van der Waals surface area contributed by atoms with Crippen LogP contribution in [0.2, 0.25) is 0 Å². The van der Waals surface area contributed by atoms with E-state index in [2.05, 4.69) is 16.9 Å². The molecule has 0 aliphatic carbocycles. The van der Waals surface area contributed by atoms with E-state index in [9.17, 15) is 0 Å². The highest BCUT2D eigenvalue weighted by atomic mass is 32.2. The Labute approximate surface area is 58.6 Å². The van der Waals surface area contributed by atoms with Crippen LogP contribution in [0.5, 0.6) is 0 Å². The molecule has 45 valence electrons. The molecule has 1 aromatic carbocycles. The summed E-state index contributed by atoms with van der Waals surface area (Å²) in [6.45, 7) is 0.995. The van der Waals surface area contributed by atoms with Gasteiger partial charge in [0.2, 0.25) is 0 Å². The van der Waals surface area contributed by atoms with E-state index in [-0.39, 0.29) is 0 Å². The molecule has 1 aliphatic heterocycles. The normalized spacial score (nSPS) is 15.6. The maximum atomic E-state index is 3.18. The van der Waals surface area contributed by atoms with Crippen molar-refractivity contribution in [1.29, 1.82) is 0 Å². The first-order valence-electron chi connectivity index (χ1n) is 2.85. The molecule has 0 amide bonds. The molecule has 9 heavy (non-hydrogen) atoms. The lowest BCUT2D eigenvalue weighted by Gasteiger charge is -1.89. The summed E-state index contributed by atoms with van der Waals surface area (Å²) in [6, 6.07) is 9.10. The SMILES string of the molecule is [c]1ccc2c(c1)SNC2. The van der Waals surface area contributed by atoms with Crippen molar-refractivity contribution >= 4 is 11.9 Å². The van der Waals surface area contributed by atoms with Gasteiger partial charge in [0.1, 0.15) is 0 Å². The minimum absolute atomic E-state index is 0.995.